The number of carbonyl (C=O) groups is 1. The van der Waals surface area contributed by atoms with Crippen molar-refractivity contribution in [3.63, 3.8) is 0 Å². The second-order valence-corrected chi connectivity index (χ2v) is 8.38. The number of hydrogen-bond acceptors (Lipinski definition) is 5. The van der Waals surface area contributed by atoms with E-state index in [4.69, 9.17) is 17.0 Å². The molecule has 0 unspecified atom stereocenters. The van der Waals surface area contributed by atoms with Crippen molar-refractivity contribution in [1.82, 2.24) is 9.36 Å². The Morgan fingerprint density at radius 3 is 2.50 bits per heavy atom. The van der Waals surface area contributed by atoms with E-state index in [-0.39, 0.29) is 17.2 Å². The van der Waals surface area contributed by atoms with Crippen molar-refractivity contribution in [3.05, 3.63) is 81.1 Å². The number of nitrogens with zero attached hydrogens (tertiary/aromatic N) is 3. The van der Waals surface area contributed by atoms with Crippen LogP contribution in [-0.2, 0) is 11.8 Å². The highest BCUT2D eigenvalue weighted by Crippen LogP contribution is 2.36. The number of thiocarbonyl (C=S) groups is 1. The van der Waals surface area contributed by atoms with Gasteiger partial charge < -0.3 is 4.74 Å². The highest BCUT2D eigenvalue weighted by atomic mass is 32.2. The molecule has 0 saturated carbocycles. The Balaban J connectivity index is 1.77. The number of ether oxygens (including phenoxy) is 1. The third-order valence-corrected chi connectivity index (χ3v) is 6.23. The number of carbonyl (C=O) groups excluding carboxylic acids is 1. The monoisotopic (exact) mass is 437 g/mol. The summed E-state index contributed by atoms with van der Waals surface area (Å²) < 4.78 is 8.85. The number of anilines is 1. The van der Waals surface area contributed by atoms with Crippen LogP contribution in [0.1, 0.15) is 11.3 Å². The molecule has 6 nitrogen and oxygen atoms in total. The van der Waals surface area contributed by atoms with Crippen molar-refractivity contribution in [1.29, 1.82) is 0 Å². The molecule has 0 radical (unpaired) electrons. The fourth-order valence-corrected chi connectivity index (χ4v) is 4.63. The van der Waals surface area contributed by atoms with Crippen molar-refractivity contribution in [3.8, 4) is 11.4 Å². The largest absolute Gasteiger partial charge is 0.497 e. The van der Waals surface area contributed by atoms with Crippen LogP contribution in [0.4, 0.5) is 5.69 Å². The van der Waals surface area contributed by atoms with Gasteiger partial charge in [-0.3, -0.25) is 19.2 Å². The van der Waals surface area contributed by atoms with Crippen LogP contribution in [0.3, 0.4) is 0 Å². The molecule has 1 aliphatic rings. The van der Waals surface area contributed by atoms with Crippen LogP contribution in [0.15, 0.2) is 64.3 Å². The van der Waals surface area contributed by atoms with Crippen LogP contribution in [0.2, 0.25) is 0 Å². The second kappa shape index (κ2) is 7.97. The minimum absolute atomic E-state index is 0.276. The molecule has 0 atom stereocenters. The zero-order chi connectivity index (χ0) is 21.4. The molecule has 0 bridgehead atoms. The van der Waals surface area contributed by atoms with E-state index in [9.17, 15) is 9.59 Å². The van der Waals surface area contributed by atoms with Crippen LogP contribution in [0.5, 0.6) is 5.75 Å². The number of amides is 1. The summed E-state index contributed by atoms with van der Waals surface area (Å²) in [6, 6.07) is 16.7. The lowest BCUT2D eigenvalue weighted by Crippen LogP contribution is -2.33. The van der Waals surface area contributed by atoms with Crippen LogP contribution < -0.4 is 15.2 Å². The number of aromatic nitrogens is 2. The molecule has 0 aliphatic carbocycles. The molecule has 2 aromatic carbocycles. The van der Waals surface area contributed by atoms with E-state index in [0.717, 1.165) is 11.3 Å². The number of hydrogen-bond donors (Lipinski definition) is 0. The van der Waals surface area contributed by atoms with Crippen molar-refractivity contribution < 1.29 is 9.53 Å². The van der Waals surface area contributed by atoms with Crippen LogP contribution in [0.25, 0.3) is 11.8 Å². The Labute approximate surface area is 183 Å². The lowest BCUT2D eigenvalue weighted by molar-refractivity contribution is -0.113. The number of methoxy groups -OCH3 is 1. The molecule has 1 amide bonds. The molecule has 8 heteroatoms. The summed E-state index contributed by atoms with van der Waals surface area (Å²) in [6.45, 7) is 1.81. The average Bonchev–Trinajstić information content (AvgIpc) is 3.14. The minimum atomic E-state index is -0.307. The van der Waals surface area contributed by atoms with Gasteiger partial charge in [-0.1, -0.05) is 54.3 Å². The number of thioether (sulfide) groups is 1. The first-order valence-electron chi connectivity index (χ1n) is 9.18. The molecule has 0 spiro atoms. The van der Waals surface area contributed by atoms with Gasteiger partial charge in [-0.2, -0.15) is 0 Å². The summed E-state index contributed by atoms with van der Waals surface area (Å²) in [7, 11) is 3.38. The molecule has 152 valence electrons. The zero-order valence-electron chi connectivity index (χ0n) is 16.7. The Hall–Kier alpha value is -3.10. The van der Waals surface area contributed by atoms with Gasteiger partial charge in [0.2, 0.25) is 0 Å². The van der Waals surface area contributed by atoms with Gasteiger partial charge in [0, 0.05) is 7.05 Å². The van der Waals surface area contributed by atoms with Gasteiger partial charge >= 0.3 is 0 Å². The minimum Gasteiger partial charge on any atom is -0.497 e. The Bertz CT molecular complexity index is 1240. The molecule has 2 heterocycles. The van der Waals surface area contributed by atoms with Crippen molar-refractivity contribution in [2.45, 2.75) is 6.92 Å². The lowest BCUT2D eigenvalue weighted by atomic mass is 10.2. The quantitative estimate of drug-likeness (QED) is 0.458. The number of rotatable bonds is 4. The molecular formula is C22H19N3O3S2. The van der Waals surface area contributed by atoms with E-state index < -0.39 is 0 Å². The maximum atomic E-state index is 13.3. The summed E-state index contributed by atoms with van der Waals surface area (Å²) >= 11 is 6.66. The predicted octanol–water partition coefficient (Wildman–Crippen LogP) is 3.90. The van der Waals surface area contributed by atoms with E-state index in [1.807, 2.05) is 54.6 Å². The summed E-state index contributed by atoms with van der Waals surface area (Å²) in [4.78, 5) is 28.3. The molecule has 30 heavy (non-hydrogen) atoms. The second-order valence-electron chi connectivity index (χ2n) is 6.70. The molecule has 1 fully saturated rings. The standard InChI is InChI=1S/C22H19N3O3S2/c1-14-19(21(27)25(23(14)2)16-9-5-4-6-10-16)24-20(26)18(30-22(24)29)13-15-8-7-11-17(12-15)28-3/h4-13H,1-3H3/b18-13+. The molecule has 1 saturated heterocycles. The average molecular weight is 438 g/mol. The fourth-order valence-electron chi connectivity index (χ4n) is 3.35. The van der Waals surface area contributed by atoms with Gasteiger partial charge in [0.15, 0.2) is 4.32 Å². The maximum absolute atomic E-state index is 13.3. The third kappa shape index (κ3) is 3.38. The van der Waals surface area contributed by atoms with Crippen molar-refractivity contribution in [2.75, 3.05) is 12.0 Å². The molecule has 1 aromatic heterocycles. The SMILES string of the molecule is COc1cccc(/C=C2/SC(=S)N(c3c(C)n(C)n(-c4ccccc4)c3=O)C2=O)c1. The Morgan fingerprint density at radius 1 is 1.07 bits per heavy atom. The Morgan fingerprint density at radius 2 is 1.80 bits per heavy atom. The van der Waals surface area contributed by atoms with E-state index in [1.165, 1.54) is 21.3 Å². The molecule has 0 N–H and O–H groups in total. The van der Waals surface area contributed by atoms with Gasteiger partial charge in [-0.25, -0.2) is 4.68 Å². The normalized spacial score (nSPS) is 15.3. The highest BCUT2D eigenvalue weighted by Gasteiger charge is 2.37. The van der Waals surface area contributed by atoms with Gasteiger partial charge in [0.1, 0.15) is 11.4 Å². The van der Waals surface area contributed by atoms with Gasteiger partial charge in [0.25, 0.3) is 11.5 Å². The molecule has 3 aromatic rings. The van der Waals surface area contributed by atoms with Crippen LogP contribution in [-0.4, -0.2) is 26.7 Å². The molecule has 4 rings (SSSR count). The van der Waals surface area contributed by atoms with Gasteiger partial charge in [0.05, 0.1) is 23.4 Å². The first kappa shape index (κ1) is 20.2. The van der Waals surface area contributed by atoms with E-state index in [1.54, 1.807) is 31.8 Å². The number of benzene rings is 2. The van der Waals surface area contributed by atoms with Crippen molar-refractivity contribution >= 4 is 46.0 Å². The van der Waals surface area contributed by atoms with Crippen molar-refractivity contribution in [2.24, 2.45) is 7.05 Å². The summed E-state index contributed by atoms with van der Waals surface area (Å²) in [5.41, 5.74) is 2.18. The fraction of sp³-hybridized carbons (Fsp3) is 0.136. The zero-order valence-corrected chi connectivity index (χ0v) is 18.3. The summed E-state index contributed by atoms with van der Waals surface area (Å²) in [5, 5.41) is 0. The summed E-state index contributed by atoms with van der Waals surface area (Å²) in [6.07, 6.45) is 1.76. The van der Waals surface area contributed by atoms with E-state index in [0.29, 0.717) is 20.7 Å². The van der Waals surface area contributed by atoms with E-state index >= 15 is 0 Å². The first-order valence-corrected chi connectivity index (χ1v) is 10.4. The smallest absolute Gasteiger partial charge is 0.296 e. The van der Waals surface area contributed by atoms with Crippen LogP contribution >= 0.6 is 24.0 Å². The highest BCUT2D eigenvalue weighted by molar-refractivity contribution is 8.27. The lowest BCUT2D eigenvalue weighted by Gasteiger charge is -2.12. The predicted molar refractivity (Wildman–Crippen MR) is 124 cm³/mol. The first-order chi connectivity index (χ1) is 14.4. The maximum Gasteiger partial charge on any atom is 0.296 e. The summed E-state index contributed by atoms with van der Waals surface area (Å²) in [5.74, 6) is 0.391. The Kier molecular flexibility index (Phi) is 5.36. The van der Waals surface area contributed by atoms with Crippen LogP contribution in [0, 0.1) is 6.92 Å². The number of para-hydroxylation sites is 1. The van der Waals surface area contributed by atoms with Gasteiger partial charge in [-0.15, -0.1) is 0 Å². The topological polar surface area (TPSA) is 56.5 Å². The molecule has 1 aliphatic heterocycles. The third-order valence-electron chi connectivity index (χ3n) is 4.93. The van der Waals surface area contributed by atoms with Gasteiger partial charge in [-0.05, 0) is 42.8 Å². The van der Waals surface area contributed by atoms with E-state index in [2.05, 4.69) is 0 Å². The molecular weight excluding hydrogens is 418 g/mol.